The molecule has 22 heavy (non-hydrogen) atoms. The standard InChI is InChI=1S/C17H16N2O2S/c1-12(14-5-3-13(11-18)4-6-14)19-17(20)15-7-9-16(10-8-15)22(2)21/h3-10,12H,1-2H3,(H,19,20). The van der Waals surface area contributed by atoms with Gasteiger partial charge in [-0.15, -0.1) is 0 Å². The molecular formula is C17H16N2O2S. The van der Waals surface area contributed by atoms with Crippen molar-refractivity contribution < 1.29 is 9.00 Å². The first-order chi connectivity index (χ1) is 10.5. The molecule has 2 unspecified atom stereocenters. The number of benzene rings is 2. The quantitative estimate of drug-likeness (QED) is 0.943. The Morgan fingerprint density at radius 2 is 1.73 bits per heavy atom. The summed E-state index contributed by atoms with van der Waals surface area (Å²) in [5.74, 6) is -0.190. The Balaban J connectivity index is 2.07. The van der Waals surface area contributed by atoms with Crippen LogP contribution in [0.4, 0.5) is 0 Å². The summed E-state index contributed by atoms with van der Waals surface area (Å²) in [7, 11) is -1.05. The van der Waals surface area contributed by atoms with Crippen molar-refractivity contribution in [2.75, 3.05) is 6.26 Å². The van der Waals surface area contributed by atoms with E-state index in [1.807, 2.05) is 19.1 Å². The van der Waals surface area contributed by atoms with Crippen molar-refractivity contribution in [2.45, 2.75) is 17.9 Å². The molecule has 2 rings (SSSR count). The first kappa shape index (κ1) is 15.9. The number of nitrogens with zero attached hydrogens (tertiary/aromatic N) is 1. The van der Waals surface area contributed by atoms with Crippen molar-refractivity contribution in [3.05, 3.63) is 65.2 Å². The molecule has 0 aromatic heterocycles. The van der Waals surface area contributed by atoms with Gasteiger partial charge >= 0.3 is 0 Å². The molecule has 4 nitrogen and oxygen atoms in total. The van der Waals surface area contributed by atoms with Crippen LogP contribution >= 0.6 is 0 Å². The van der Waals surface area contributed by atoms with Gasteiger partial charge in [0, 0.05) is 27.5 Å². The molecule has 0 saturated carbocycles. The van der Waals surface area contributed by atoms with Crippen molar-refractivity contribution in [1.29, 1.82) is 5.26 Å². The third-order valence-electron chi connectivity index (χ3n) is 3.34. The zero-order valence-corrected chi connectivity index (χ0v) is 13.2. The van der Waals surface area contributed by atoms with Crippen LogP contribution in [-0.2, 0) is 10.8 Å². The summed E-state index contributed by atoms with van der Waals surface area (Å²) >= 11 is 0. The van der Waals surface area contributed by atoms with Crippen LogP contribution in [-0.4, -0.2) is 16.4 Å². The van der Waals surface area contributed by atoms with E-state index >= 15 is 0 Å². The first-order valence-corrected chi connectivity index (χ1v) is 8.31. The van der Waals surface area contributed by atoms with Gasteiger partial charge in [0.15, 0.2) is 0 Å². The van der Waals surface area contributed by atoms with Gasteiger partial charge in [0.05, 0.1) is 17.7 Å². The predicted molar refractivity (Wildman–Crippen MR) is 85.8 cm³/mol. The molecule has 0 radical (unpaired) electrons. The van der Waals surface area contributed by atoms with E-state index in [-0.39, 0.29) is 11.9 Å². The maximum absolute atomic E-state index is 12.2. The smallest absolute Gasteiger partial charge is 0.251 e. The second-order valence-corrected chi connectivity index (χ2v) is 6.29. The molecule has 2 aromatic carbocycles. The Morgan fingerprint density at radius 3 is 2.23 bits per heavy atom. The van der Waals surface area contributed by atoms with Gasteiger partial charge in [-0.3, -0.25) is 9.00 Å². The molecule has 112 valence electrons. The van der Waals surface area contributed by atoms with E-state index in [4.69, 9.17) is 5.26 Å². The fourth-order valence-corrected chi connectivity index (χ4v) is 2.53. The molecular weight excluding hydrogens is 296 g/mol. The van der Waals surface area contributed by atoms with Gasteiger partial charge in [-0.2, -0.15) is 5.26 Å². The van der Waals surface area contributed by atoms with Crippen molar-refractivity contribution in [1.82, 2.24) is 5.32 Å². The van der Waals surface area contributed by atoms with E-state index in [0.717, 1.165) is 5.56 Å². The third-order valence-corrected chi connectivity index (χ3v) is 4.27. The molecule has 2 aromatic rings. The van der Waals surface area contributed by atoms with Crippen LogP contribution in [0.2, 0.25) is 0 Å². The molecule has 1 N–H and O–H groups in total. The van der Waals surface area contributed by atoms with Gasteiger partial charge in [-0.05, 0) is 48.9 Å². The Kier molecular flexibility index (Phi) is 5.08. The summed E-state index contributed by atoms with van der Waals surface area (Å²) in [5.41, 5.74) is 2.04. The van der Waals surface area contributed by atoms with E-state index < -0.39 is 10.8 Å². The highest BCUT2D eigenvalue weighted by atomic mass is 32.2. The molecule has 0 bridgehead atoms. The van der Waals surface area contributed by atoms with Gasteiger partial charge in [-0.25, -0.2) is 0 Å². The third kappa shape index (κ3) is 3.80. The van der Waals surface area contributed by atoms with Crippen molar-refractivity contribution in [3.8, 4) is 6.07 Å². The minimum absolute atomic E-state index is 0.166. The summed E-state index contributed by atoms with van der Waals surface area (Å²) in [6.07, 6.45) is 1.60. The SMILES string of the molecule is CC(NC(=O)c1ccc(S(C)=O)cc1)c1ccc(C#N)cc1. The van der Waals surface area contributed by atoms with Gasteiger partial charge in [0.2, 0.25) is 0 Å². The lowest BCUT2D eigenvalue weighted by Crippen LogP contribution is -2.26. The van der Waals surface area contributed by atoms with Crippen molar-refractivity contribution >= 4 is 16.7 Å². The number of nitriles is 1. The van der Waals surface area contributed by atoms with E-state index in [1.54, 1.807) is 42.7 Å². The number of hydrogen-bond donors (Lipinski definition) is 1. The van der Waals surface area contributed by atoms with Crippen molar-refractivity contribution in [2.24, 2.45) is 0 Å². The molecule has 0 saturated heterocycles. The summed E-state index contributed by atoms with van der Waals surface area (Å²) in [5, 5.41) is 11.7. The summed E-state index contributed by atoms with van der Waals surface area (Å²) in [6, 6.07) is 15.7. The summed E-state index contributed by atoms with van der Waals surface area (Å²) in [6.45, 7) is 1.88. The van der Waals surface area contributed by atoms with Crippen LogP contribution < -0.4 is 5.32 Å². The molecule has 0 aliphatic heterocycles. The Hall–Kier alpha value is -2.45. The predicted octanol–water partition coefficient (Wildman–Crippen LogP) is 2.79. The molecule has 0 spiro atoms. The number of nitrogens with one attached hydrogen (secondary N) is 1. The minimum atomic E-state index is -1.05. The fraction of sp³-hybridized carbons (Fsp3) is 0.176. The average molecular weight is 312 g/mol. The molecule has 0 aliphatic rings. The van der Waals surface area contributed by atoms with Crippen LogP contribution in [0, 0.1) is 11.3 Å². The monoisotopic (exact) mass is 312 g/mol. The fourth-order valence-electron chi connectivity index (χ4n) is 2.01. The number of rotatable bonds is 4. The highest BCUT2D eigenvalue weighted by Crippen LogP contribution is 2.14. The molecule has 2 atom stereocenters. The van der Waals surface area contributed by atoms with E-state index in [2.05, 4.69) is 11.4 Å². The Bertz CT molecular complexity index is 731. The number of carbonyl (C=O) groups is 1. The molecule has 0 aliphatic carbocycles. The zero-order chi connectivity index (χ0) is 16.1. The van der Waals surface area contributed by atoms with E-state index in [1.165, 1.54) is 0 Å². The average Bonchev–Trinajstić information content (AvgIpc) is 2.54. The second kappa shape index (κ2) is 7.01. The van der Waals surface area contributed by atoms with Crippen LogP contribution in [0.15, 0.2) is 53.4 Å². The Morgan fingerprint density at radius 1 is 1.14 bits per heavy atom. The minimum Gasteiger partial charge on any atom is -0.346 e. The number of amides is 1. The van der Waals surface area contributed by atoms with Gasteiger partial charge in [0.1, 0.15) is 0 Å². The lowest BCUT2D eigenvalue weighted by atomic mass is 10.1. The molecule has 1 amide bonds. The van der Waals surface area contributed by atoms with Gasteiger partial charge in [-0.1, -0.05) is 12.1 Å². The van der Waals surface area contributed by atoms with E-state index in [0.29, 0.717) is 16.0 Å². The first-order valence-electron chi connectivity index (χ1n) is 6.75. The molecule has 5 heteroatoms. The van der Waals surface area contributed by atoms with Crippen LogP contribution in [0.1, 0.15) is 34.5 Å². The van der Waals surface area contributed by atoms with Crippen LogP contribution in [0.25, 0.3) is 0 Å². The normalized spacial score (nSPS) is 13.0. The largest absolute Gasteiger partial charge is 0.346 e. The highest BCUT2D eigenvalue weighted by molar-refractivity contribution is 7.84. The van der Waals surface area contributed by atoms with Crippen LogP contribution in [0.3, 0.4) is 0 Å². The maximum atomic E-state index is 12.2. The van der Waals surface area contributed by atoms with Gasteiger partial charge < -0.3 is 5.32 Å². The second-order valence-electron chi connectivity index (χ2n) is 4.91. The van der Waals surface area contributed by atoms with Gasteiger partial charge in [0.25, 0.3) is 5.91 Å². The lowest BCUT2D eigenvalue weighted by molar-refractivity contribution is 0.0940. The van der Waals surface area contributed by atoms with Crippen molar-refractivity contribution in [3.63, 3.8) is 0 Å². The van der Waals surface area contributed by atoms with E-state index in [9.17, 15) is 9.00 Å². The Labute approximate surface area is 132 Å². The maximum Gasteiger partial charge on any atom is 0.251 e. The highest BCUT2D eigenvalue weighted by Gasteiger charge is 2.11. The topological polar surface area (TPSA) is 70.0 Å². The lowest BCUT2D eigenvalue weighted by Gasteiger charge is -2.14. The summed E-state index contributed by atoms with van der Waals surface area (Å²) in [4.78, 5) is 12.9. The number of carbonyl (C=O) groups excluding carboxylic acids is 1. The van der Waals surface area contributed by atoms with Crippen LogP contribution in [0.5, 0.6) is 0 Å². The zero-order valence-electron chi connectivity index (χ0n) is 12.4. The molecule has 0 heterocycles. The number of hydrogen-bond acceptors (Lipinski definition) is 3. The molecule has 0 fully saturated rings. The summed E-state index contributed by atoms with van der Waals surface area (Å²) < 4.78 is 11.3.